The Hall–Kier alpha value is -1.25. The van der Waals surface area contributed by atoms with Gasteiger partial charge in [-0.25, -0.2) is 4.79 Å². The van der Waals surface area contributed by atoms with Crippen LogP contribution in [0.15, 0.2) is 24.3 Å². The second-order valence-corrected chi connectivity index (χ2v) is 6.38. The number of aliphatic hydroxyl groups excluding tert-OH is 3. The first-order valence-corrected chi connectivity index (χ1v) is 8.01. The van der Waals surface area contributed by atoms with Gasteiger partial charge < -0.3 is 29.9 Å². The van der Waals surface area contributed by atoms with E-state index in [1.54, 1.807) is 20.8 Å². The number of hydrogen-bond donors (Lipinski definition) is 4. The van der Waals surface area contributed by atoms with Gasteiger partial charge in [0.15, 0.2) is 6.10 Å². The molecule has 0 aliphatic carbocycles. The molecule has 0 radical (unpaired) electrons. The second kappa shape index (κ2) is 8.73. The normalized spacial score (nSPS) is 33.6. The van der Waals surface area contributed by atoms with E-state index >= 15 is 0 Å². The summed E-state index contributed by atoms with van der Waals surface area (Å²) >= 11 is 0. The van der Waals surface area contributed by atoms with Crippen molar-refractivity contribution >= 4 is 5.97 Å². The summed E-state index contributed by atoms with van der Waals surface area (Å²) in [4.78, 5) is 12.2. The second-order valence-electron chi connectivity index (χ2n) is 6.38. The van der Waals surface area contributed by atoms with Gasteiger partial charge in [-0.3, -0.25) is 0 Å². The minimum atomic E-state index is -1.27. The van der Waals surface area contributed by atoms with Gasteiger partial charge in [0.2, 0.25) is 0 Å². The molecule has 0 aromatic heterocycles. The number of carbonyl (C=O) groups excluding carboxylic acids is 1. The van der Waals surface area contributed by atoms with Gasteiger partial charge in [0.25, 0.3) is 0 Å². The largest absolute Gasteiger partial charge is 0.453 e. The van der Waals surface area contributed by atoms with Crippen molar-refractivity contribution in [2.75, 3.05) is 6.61 Å². The highest BCUT2D eigenvalue weighted by Gasteiger charge is 2.43. The molecule has 7 nitrogen and oxygen atoms in total. The number of allylic oxidation sites excluding steroid dienone is 1. The van der Waals surface area contributed by atoms with Crippen LogP contribution in [0.3, 0.4) is 0 Å². The zero-order chi connectivity index (χ0) is 18.5. The van der Waals surface area contributed by atoms with Gasteiger partial charge in [0.05, 0.1) is 30.0 Å². The Labute approximate surface area is 142 Å². The number of ether oxygens (including phenoxy) is 2. The molecule has 1 saturated heterocycles. The molecule has 6 unspecified atom stereocenters. The molecule has 138 valence electrons. The Bertz CT molecular complexity index is 472. The molecule has 7 heteroatoms. The van der Waals surface area contributed by atoms with Crippen molar-refractivity contribution in [2.24, 2.45) is 0 Å². The van der Waals surface area contributed by atoms with E-state index in [4.69, 9.17) is 9.47 Å². The van der Waals surface area contributed by atoms with Crippen molar-refractivity contribution in [3.63, 3.8) is 0 Å². The first-order chi connectivity index (χ1) is 11.1. The number of carbonyl (C=O) groups is 1. The van der Waals surface area contributed by atoms with Gasteiger partial charge in [-0.1, -0.05) is 12.2 Å². The molecule has 1 heterocycles. The lowest BCUT2D eigenvalue weighted by atomic mass is 9.96. The maximum Gasteiger partial charge on any atom is 0.336 e. The molecule has 1 aliphatic rings. The van der Waals surface area contributed by atoms with E-state index in [-0.39, 0.29) is 5.57 Å². The smallest absolute Gasteiger partial charge is 0.336 e. The van der Waals surface area contributed by atoms with Crippen LogP contribution in [0, 0.1) is 0 Å². The number of esters is 1. The lowest BCUT2D eigenvalue weighted by Gasteiger charge is -2.39. The fraction of sp³-hybridized carbons (Fsp3) is 0.706. The van der Waals surface area contributed by atoms with Crippen LogP contribution in [-0.4, -0.2) is 69.1 Å². The highest BCUT2D eigenvalue weighted by Crippen LogP contribution is 2.24. The van der Waals surface area contributed by atoms with Crippen LogP contribution in [0.2, 0.25) is 0 Å². The minimum absolute atomic E-state index is 0.0161. The van der Waals surface area contributed by atoms with Crippen LogP contribution in [0.1, 0.15) is 33.6 Å². The maximum absolute atomic E-state index is 12.2. The van der Waals surface area contributed by atoms with Crippen molar-refractivity contribution in [2.45, 2.75) is 69.7 Å². The molecule has 1 fully saturated rings. The minimum Gasteiger partial charge on any atom is -0.453 e. The molecule has 0 aromatic rings. The third-order valence-electron chi connectivity index (χ3n) is 4.22. The molecule has 0 amide bonds. The van der Waals surface area contributed by atoms with E-state index in [0.717, 1.165) is 0 Å². The van der Waals surface area contributed by atoms with Gasteiger partial charge in [0.1, 0.15) is 12.2 Å². The van der Waals surface area contributed by atoms with E-state index in [1.165, 1.54) is 12.2 Å². The summed E-state index contributed by atoms with van der Waals surface area (Å²) in [6, 6.07) is 0. The predicted octanol–water partition coefficient (Wildman–Crippen LogP) is 0.0631. The molecule has 6 atom stereocenters. The van der Waals surface area contributed by atoms with Crippen LogP contribution in [0.5, 0.6) is 0 Å². The van der Waals surface area contributed by atoms with Crippen molar-refractivity contribution in [1.29, 1.82) is 0 Å². The molecule has 1 rings (SSSR count). The van der Waals surface area contributed by atoms with Crippen molar-refractivity contribution < 1.29 is 34.7 Å². The molecule has 0 bridgehead atoms. The van der Waals surface area contributed by atoms with Gasteiger partial charge in [-0.2, -0.15) is 0 Å². The maximum atomic E-state index is 12.2. The summed E-state index contributed by atoms with van der Waals surface area (Å²) in [6.07, 6.45) is -1.09. The highest BCUT2D eigenvalue weighted by atomic mass is 16.6. The third-order valence-corrected chi connectivity index (χ3v) is 4.22. The molecule has 0 spiro atoms. The summed E-state index contributed by atoms with van der Waals surface area (Å²) in [6.45, 7) is 7.82. The van der Waals surface area contributed by atoms with Gasteiger partial charge in [0, 0.05) is 0 Å². The predicted molar refractivity (Wildman–Crippen MR) is 87.1 cm³/mol. The van der Waals surface area contributed by atoms with E-state index in [0.29, 0.717) is 12.8 Å². The number of aliphatic hydroxyl groups is 4. The van der Waals surface area contributed by atoms with E-state index in [2.05, 4.69) is 6.58 Å². The standard InChI is InChI=1S/C17H28O7/c1-5-17(4,22)8-6-7-12(9-18)16(21)24-15-11(3)23-10(2)13(19)14(15)20/h5,7,10-11,13-15,18-20,22H,1,6,8-9H2,2-4H3/b12-7+. The fourth-order valence-electron chi connectivity index (χ4n) is 2.46. The summed E-state index contributed by atoms with van der Waals surface area (Å²) < 4.78 is 10.6. The van der Waals surface area contributed by atoms with Crippen molar-refractivity contribution in [3.05, 3.63) is 24.3 Å². The molecule has 1 aliphatic heterocycles. The van der Waals surface area contributed by atoms with Crippen LogP contribution in [-0.2, 0) is 14.3 Å². The average molecular weight is 344 g/mol. The number of rotatable bonds is 7. The topological polar surface area (TPSA) is 116 Å². The van der Waals surface area contributed by atoms with Gasteiger partial charge in [-0.15, -0.1) is 6.58 Å². The summed E-state index contributed by atoms with van der Waals surface area (Å²) in [7, 11) is 0. The Morgan fingerprint density at radius 3 is 2.46 bits per heavy atom. The van der Waals surface area contributed by atoms with Crippen LogP contribution >= 0.6 is 0 Å². The molecule has 4 N–H and O–H groups in total. The molecule has 0 aromatic carbocycles. The highest BCUT2D eigenvalue weighted by molar-refractivity contribution is 5.88. The Kier molecular flexibility index (Phi) is 7.56. The van der Waals surface area contributed by atoms with Crippen LogP contribution < -0.4 is 0 Å². The molecular formula is C17H28O7. The lowest BCUT2D eigenvalue weighted by molar-refractivity contribution is -0.223. The summed E-state index contributed by atoms with van der Waals surface area (Å²) in [5.74, 6) is -0.794. The lowest BCUT2D eigenvalue weighted by Crippen LogP contribution is -2.57. The van der Waals surface area contributed by atoms with E-state index < -0.39 is 48.7 Å². The van der Waals surface area contributed by atoms with Gasteiger partial charge in [-0.05, 0) is 33.6 Å². The van der Waals surface area contributed by atoms with Crippen molar-refractivity contribution in [3.8, 4) is 0 Å². The quantitative estimate of drug-likeness (QED) is 0.293. The molecule has 24 heavy (non-hydrogen) atoms. The first-order valence-electron chi connectivity index (χ1n) is 8.01. The van der Waals surface area contributed by atoms with Gasteiger partial charge >= 0.3 is 5.97 Å². The zero-order valence-electron chi connectivity index (χ0n) is 14.4. The van der Waals surface area contributed by atoms with E-state index in [9.17, 15) is 25.2 Å². The summed E-state index contributed by atoms with van der Waals surface area (Å²) in [5.41, 5.74) is -1.05. The SMILES string of the molecule is C=CC(C)(O)CC/C=C(\CO)C(=O)OC1C(C)OC(C)C(O)C1O. The molecule has 0 saturated carbocycles. The Balaban J connectivity index is 2.71. The van der Waals surface area contributed by atoms with E-state index in [1.807, 2.05) is 0 Å². The monoisotopic (exact) mass is 344 g/mol. The summed E-state index contributed by atoms with van der Waals surface area (Å²) in [5, 5.41) is 39.1. The Morgan fingerprint density at radius 2 is 1.92 bits per heavy atom. The molecular weight excluding hydrogens is 316 g/mol. The fourth-order valence-corrected chi connectivity index (χ4v) is 2.46. The zero-order valence-corrected chi connectivity index (χ0v) is 14.4. The number of hydrogen-bond acceptors (Lipinski definition) is 7. The van der Waals surface area contributed by atoms with Crippen LogP contribution in [0.25, 0.3) is 0 Å². The Morgan fingerprint density at radius 1 is 1.29 bits per heavy atom. The van der Waals surface area contributed by atoms with Crippen LogP contribution in [0.4, 0.5) is 0 Å². The van der Waals surface area contributed by atoms with Crippen molar-refractivity contribution in [1.82, 2.24) is 0 Å². The first kappa shape index (κ1) is 20.8. The third kappa shape index (κ3) is 5.39. The average Bonchev–Trinajstić information content (AvgIpc) is 2.53.